The number of oxazole rings is 1. The fraction of sp³-hybridized carbons (Fsp3) is 0.500. The van der Waals surface area contributed by atoms with Gasteiger partial charge in [-0.05, 0) is 31.7 Å². The summed E-state index contributed by atoms with van der Waals surface area (Å²) in [5.41, 5.74) is 2.37. The van der Waals surface area contributed by atoms with E-state index >= 15 is 0 Å². The molecule has 1 aliphatic rings. The number of likely N-dealkylation sites (N-methyl/N-ethyl adjacent to an activating group) is 1. The van der Waals surface area contributed by atoms with Gasteiger partial charge in [0.15, 0.2) is 5.58 Å². The van der Waals surface area contributed by atoms with E-state index in [1.807, 2.05) is 31.0 Å². The van der Waals surface area contributed by atoms with E-state index in [4.69, 9.17) is 9.15 Å². The predicted octanol–water partition coefficient (Wildman–Crippen LogP) is 0.651. The molecule has 0 radical (unpaired) electrons. The molecule has 3 rings (SSSR count). The second-order valence-electron chi connectivity index (χ2n) is 5.92. The minimum absolute atomic E-state index is 0.0489. The summed E-state index contributed by atoms with van der Waals surface area (Å²) in [6, 6.07) is 5.61. The Morgan fingerprint density at radius 1 is 1.30 bits per heavy atom. The summed E-state index contributed by atoms with van der Waals surface area (Å²) in [5, 5.41) is 0. The lowest BCUT2D eigenvalue weighted by molar-refractivity contribution is -0.136. The number of nitrogens with zero attached hydrogens (tertiary/aromatic N) is 3. The van der Waals surface area contributed by atoms with Crippen molar-refractivity contribution in [2.45, 2.75) is 13.6 Å². The van der Waals surface area contributed by atoms with E-state index < -0.39 is 5.76 Å². The van der Waals surface area contributed by atoms with E-state index in [-0.39, 0.29) is 12.5 Å². The number of carbonyl (C=O) groups excluding carboxylic acids is 1. The zero-order valence-electron chi connectivity index (χ0n) is 13.4. The number of aromatic nitrogens is 1. The van der Waals surface area contributed by atoms with E-state index in [1.165, 1.54) is 0 Å². The van der Waals surface area contributed by atoms with Crippen LogP contribution < -0.4 is 5.76 Å². The van der Waals surface area contributed by atoms with Gasteiger partial charge in [0.25, 0.3) is 0 Å². The molecule has 23 heavy (non-hydrogen) atoms. The van der Waals surface area contributed by atoms with E-state index in [0.717, 1.165) is 11.1 Å². The number of morpholine rings is 1. The third-order valence-electron chi connectivity index (χ3n) is 3.97. The summed E-state index contributed by atoms with van der Waals surface area (Å²) in [5.74, 6) is -0.357. The number of benzene rings is 1. The second kappa shape index (κ2) is 6.55. The molecule has 0 bridgehead atoms. The Balaban J connectivity index is 1.71. The second-order valence-corrected chi connectivity index (χ2v) is 5.92. The van der Waals surface area contributed by atoms with Crippen molar-refractivity contribution in [2.75, 3.05) is 39.9 Å². The number of amides is 1. The average molecular weight is 319 g/mol. The maximum atomic E-state index is 12.3. The lowest BCUT2D eigenvalue weighted by Crippen LogP contribution is -2.45. The molecule has 0 atom stereocenters. The van der Waals surface area contributed by atoms with Crippen LogP contribution in [-0.4, -0.2) is 60.2 Å². The molecule has 2 aromatic rings. The molecule has 0 unspecified atom stereocenters. The van der Waals surface area contributed by atoms with Crippen LogP contribution in [0, 0.1) is 6.92 Å². The van der Waals surface area contributed by atoms with E-state index in [1.54, 1.807) is 15.5 Å². The lowest BCUT2D eigenvalue weighted by Gasteiger charge is -2.28. The number of carbonyl (C=O) groups is 1. The Kier molecular flexibility index (Phi) is 4.49. The van der Waals surface area contributed by atoms with Crippen molar-refractivity contribution in [1.82, 2.24) is 14.4 Å². The van der Waals surface area contributed by atoms with E-state index in [9.17, 15) is 9.59 Å². The maximum absolute atomic E-state index is 12.3. The van der Waals surface area contributed by atoms with Crippen LogP contribution in [0.2, 0.25) is 0 Å². The van der Waals surface area contributed by atoms with Crippen LogP contribution in [0.5, 0.6) is 0 Å². The summed E-state index contributed by atoms with van der Waals surface area (Å²) in [4.78, 5) is 27.9. The Hall–Kier alpha value is -2.12. The van der Waals surface area contributed by atoms with Gasteiger partial charge in [-0.15, -0.1) is 0 Å². The molecule has 1 amide bonds. The number of aryl methyl sites for hydroxylation is 1. The maximum Gasteiger partial charge on any atom is 0.421 e. The van der Waals surface area contributed by atoms with Crippen LogP contribution in [0.15, 0.2) is 27.4 Å². The summed E-state index contributed by atoms with van der Waals surface area (Å²) in [6.45, 7) is 4.95. The Morgan fingerprint density at radius 2 is 2.04 bits per heavy atom. The molecule has 2 heterocycles. The minimum Gasteiger partial charge on any atom is -0.408 e. The number of ether oxygens (including phenoxy) is 1. The first-order valence-corrected chi connectivity index (χ1v) is 7.68. The molecule has 124 valence electrons. The SMILES string of the molecule is Cc1ccc2oc(=O)n(CN(C)CC(=O)N3CCOCC3)c2c1. The van der Waals surface area contributed by atoms with Crippen LogP contribution in [0.4, 0.5) is 0 Å². The largest absolute Gasteiger partial charge is 0.421 e. The quantitative estimate of drug-likeness (QED) is 0.828. The van der Waals surface area contributed by atoms with Gasteiger partial charge < -0.3 is 14.1 Å². The Bertz CT molecular complexity index is 758. The number of rotatable bonds is 4. The molecule has 0 spiro atoms. The van der Waals surface area contributed by atoms with Crippen molar-refractivity contribution in [1.29, 1.82) is 0 Å². The highest BCUT2D eigenvalue weighted by atomic mass is 16.5. The van der Waals surface area contributed by atoms with Gasteiger partial charge in [-0.2, -0.15) is 0 Å². The number of fused-ring (bicyclic) bond motifs is 1. The van der Waals surface area contributed by atoms with Gasteiger partial charge in [0.2, 0.25) is 5.91 Å². The van der Waals surface area contributed by atoms with Gasteiger partial charge in [-0.3, -0.25) is 14.3 Å². The van der Waals surface area contributed by atoms with Crippen LogP contribution in [0.25, 0.3) is 11.1 Å². The third-order valence-corrected chi connectivity index (χ3v) is 3.97. The van der Waals surface area contributed by atoms with E-state index in [0.29, 0.717) is 38.6 Å². The van der Waals surface area contributed by atoms with Crippen LogP contribution in [-0.2, 0) is 16.2 Å². The van der Waals surface area contributed by atoms with Crippen molar-refractivity contribution in [3.8, 4) is 0 Å². The van der Waals surface area contributed by atoms with Gasteiger partial charge in [-0.25, -0.2) is 4.79 Å². The topological polar surface area (TPSA) is 67.9 Å². The predicted molar refractivity (Wildman–Crippen MR) is 85.2 cm³/mol. The molecule has 1 aliphatic heterocycles. The Morgan fingerprint density at radius 3 is 2.78 bits per heavy atom. The summed E-state index contributed by atoms with van der Waals surface area (Å²) < 4.78 is 12.0. The third kappa shape index (κ3) is 3.46. The molecule has 7 nitrogen and oxygen atoms in total. The fourth-order valence-corrected chi connectivity index (χ4v) is 2.74. The van der Waals surface area contributed by atoms with Crippen molar-refractivity contribution in [3.63, 3.8) is 0 Å². The summed E-state index contributed by atoms with van der Waals surface area (Å²) in [7, 11) is 1.82. The first-order chi connectivity index (χ1) is 11.0. The smallest absolute Gasteiger partial charge is 0.408 e. The first-order valence-electron chi connectivity index (χ1n) is 7.68. The molecule has 0 saturated carbocycles. The van der Waals surface area contributed by atoms with Crippen molar-refractivity contribution in [2.24, 2.45) is 0 Å². The van der Waals surface area contributed by atoms with Crippen molar-refractivity contribution >= 4 is 17.0 Å². The zero-order valence-corrected chi connectivity index (χ0v) is 13.4. The first kappa shape index (κ1) is 15.8. The molecule has 1 saturated heterocycles. The van der Waals surface area contributed by atoms with Crippen LogP contribution in [0.1, 0.15) is 5.56 Å². The van der Waals surface area contributed by atoms with Crippen LogP contribution in [0.3, 0.4) is 0 Å². The molecule has 1 fully saturated rings. The van der Waals surface area contributed by atoms with Gasteiger partial charge in [-0.1, -0.05) is 6.07 Å². The zero-order chi connectivity index (χ0) is 16.4. The normalized spacial score (nSPS) is 15.5. The van der Waals surface area contributed by atoms with E-state index in [2.05, 4.69) is 0 Å². The highest BCUT2D eigenvalue weighted by molar-refractivity contribution is 5.78. The molecule has 1 aromatic heterocycles. The van der Waals surface area contributed by atoms with Crippen molar-refractivity contribution < 1.29 is 13.9 Å². The summed E-state index contributed by atoms with van der Waals surface area (Å²) in [6.07, 6.45) is 0. The standard InChI is InChI=1S/C16H21N3O4/c1-12-3-4-14-13(9-12)19(16(21)23-14)11-17(2)10-15(20)18-5-7-22-8-6-18/h3-4,9H,5-8,10-11H2,1-2H3. The van der Waals surface area contributed by atoms with Gasteiger partial charge in [0.1, 0.15) is 0 Å². The fourth-order valence-electron chi connectivity index (χ4n) is 2.74. The molecule has 1 aromatic carbocycles. The molecule has 0 N–H and O–H groups in total. The van der Waals surface area contributed by atoms with Gasteiger partial charge >= 0.3 is 5.76 Å². The monoisotopic (exact) mass is 319 g/mol. The van der Waals surface area contributed by atoms with Crippen LogP contribution >= 0.6 is 0 Å². The Labute approximate surface area is 134 Å². The van der Waals surface area contributed by atoms with Gasteiger partial charge in [0.05, 0.1) is 31.9 Å². The molecule has 0 aliphatic carbocycles. The molecular formula is C16H21N3O4. The summed E-state index contributed by atoms with van der Waals surface area (Å²) >= 11 is 0. The number of hydrogen-bond acceptors (Lipinski definition) is 5. The van der Waals surface area contributed by atoms with Crippen molar-refractivity contribution in [3.05, 3.63) is 34.3 Å². The van der Waals surface area contributed by atoms with Gasteiger partial charge in [0, 0.05) is 13.1 Å². The average Bonchev–Trinajstić information content (AvgIpc) is 2.84. The number of hydrogen-bond donors (Lipinski definition) is 0. The molecule has 7 heteroatoms. The highest BCUT2D eigenvalue weighted by Gasteiger charge is 2.19. The minimum atomic E-state index is -0.406. The highest BCUT2D eigenvalue weighted by Crippen LogP contribution is 2.15. The molecular weight excluding hydrogens is 298 g/mol. The lowest BCUT2D eigenvalue weighted by atomic mass is 10.2.